The highest BCUT2D eigenvalue weighted by Crippen LogP contribution is 2.22. The Morgan fingerprint density at radius 3 is 2.32 bits per heavy atom. The minimum Gasteiger partial charge on any atom is -0.465 e. The van der Waals surface area contributed by atoms with Crippen molar-refractivity contribution in [3.8, 4) is 0 Å². The average Bonchev–Trinajstić information content (AvgIpc) is 2.68. The second-order valence-electron chi connectivity index (χ2n) is 7.27. The number of nitrogens with zero attached hydrogens (tertiary/aromatic N) is 3. The smallest absolute Gasteiger partial charge is 0.405 e. The summed E-state index contributed by atoms with van der Waals surface area (Å²) in [5.74, 6) is -1.52. The molecule has 2 aliphatic rings. The molecule has 2 saturated heterocycles. The van der Waals surface area contributed by atoms with Crippen LogP contribution in [0.1, 0.15) is 19.3 Å². The number of hydrogen-bond donors (Lipinski definition) is 2. The number of likely N-dealkylation sites (tertiary alicyclic amines) is 1. The highest BCUT2D eigenvalue weighted by molar-refractivity contribution is 5.85. The van der Waals surface area contributed by atoms with Crippen LogP contribution < -0.4 is 10.2 Å². The summed E-state index contributed by atoms with van der Waals surface area (Å²) in [4.78, 5) is 29.6. The number of rotatable bonds is 5. The van der Waals surface area contributed by atoms with Crippen molar-refractivity contribution in [2.24, 2.45) is 0 Å². The SMILES string of the molecule is O=C(O)N[C@@H](CN1CCCCC1)C(=O)N1CCN(c2ccc(F)cc2F)CC1. The monoisotopic (exact) mass is 396 g/mol. The van der Waals surface area contributed by atoms with Crippen LogP contribution in [0.2, 0.25) is 0 Å². The van der Waals surface area contributed by atoms with Gasteiger partial charge in [-0.2, -0.15) is 0 Å². The first kappa shape index (κ1) is 20.3. The van der Waals surface area contributed by atoms with Crippen molar-refractivity contribution in [2.75, 3.05) is 50.7 Å². The zero-order chi connectivity index (χ0) is 20.1. The molecule has 1 aromatic rings. The number of nitrogens with one attached hydrogen (secondary N) is 1. The molecule has 154 valence electrons. The Morgan fingerprint density at radius 2 is 1.71 bits per heavy atom. The predicted octanol–water partition coefficient (Wildman–Crippen LogP) is 1.74. The summed E-state index contributed by atoms with van der Waals surface area (Å²) >= 11 is 0. The van der Waals surface area contributed by atoms with Gasteiger partial charge < -0.3 is 25.1 Å². The molecule has 28 heavy (non-hydrogen) atoms. The van der Waals surface area contributed by atoms with Crippen molar-refractivity contribution in [1.82, 2.24) is 15.1 Å². The molecule has 0 aromatic heterocycles. The summed E-state index contributed by atoms with van der Waals surface area (Å²) in [6.07, 6.45) is 2.04. The minimum absolute atomic E-state index is 0.257. The maximum Gasteiger partial charge on any atom is 0.405 e. The number of carbonyl (C=O) groups excluding carboxylic acids is 1. The molecule has 7 nitrogen and oxygen atoms in total. The van der Waals surface area contributed by atoms with E-state index in [1.807, 2.05) is 0 Å². The Balaban J connectivity index is 1.60. The summed E-state index contributed by atoms with van der Waals surface area (Å²) < 4.78 is 27.1. The molecule has 1 atom stereocenters. The Kier molecular flexibility index (Phi) is 6.66. The van der Waals surface area contributed by atoms with E-state index in [0.717, 1.165) is 38.4 Å². The van der Waals surface area contributed by atoms with E-state index in [-0.39, 0.29) is 5.91 Å². The van der Waals surface area contributed by atoms with Crippen LogP contribution in [0.3, 0.4) is 0 Å². The standard InChI is InChI=1S/C19H26F2N4O3/c20-14-4-5-17(15(21)12-14)24-8-10-25(11-9-24)18(26)16(22-19(27)28)13-23-6-2-1-3-7-23/h4-5,12,16,22H,1-3,6-11,13H2,(H,27,28)/t16-/m0/s1. The van der Waals surface area contributed by atoms with Crippen molar-refractivity contribution in [3.63, 3.8) is 0 Å². The number of carbonyl (C=O) groups is 2. The number of piperidine rings is 1. The number of benzene rings is 1. The quantitative estimate of drug-likeness (QED) is 0.793. The number of anilines is 1. The molecule has 9 heteroatoms. The van der Waals surface area contributed by atoms with Gasteiger partial charge in [0.2, 0.25) is 5.91 Å². The second-order valence-corrected chi connectivity index (χ2v) is 7.27. The Labute approximate surface area is 162 Å². The third kappa shape index (κ3) is 5.09. The fraction of sp³-hybridized carbons (Fsp3) is 0.579. The number of amides is 2. The topological polar surface area (TPSA) is 76.1 Å². The van der Waals surface area contributed by atoms with Crippen molar-refractivity contribution >= 4 is 17.7 Å². The molecule has 0 spiro atoms. The van der Waals surface area contributed by atoms with Crippen LogP contribution in [-0.2, 0) is 4.79 Å². The van der Waals surface area contributed by atoms with Crippen molar-refractivity contribution in [1.29, 1.82) is 0 Å². The molecule has 0 saturated carbocycles. The van der Waals surface area contributed by atoms with Gasteiger partial charge in [-0.15, -0.1) is 0 Å². The molecule has 0 unspecified atom stereocenters. The number of piperazine rings is 1. The number of carboxylic acid groups (broad SMARTS) is 1. The highest BCUT2D eigenvalue weighted by atomic mass is 19.1. The number of halogens is 2. The van der Waals surface area contributed by atoms with Crippen LogP contribution in [0.5, 0.6) is 0 Å². The molecule has 0 radical (unpaired) electrons. The van der Waals surface area contributed by atoms with Crippen molar-refractivity contribution < 1.29 is 23.5 Å². The predicted molar refractivity (Wildman–Crippen MR) is 100 cm³/mol. The van der Waals surface area contributed by atoms with Crippen LogP contribution in [0.15, 0.2) is 18.2 Å². The maximum atomic E-state index is 14.0. The number of hydrogen-bond acceptors (Lipinski definition) is 4. The first-order valence-corrected chi connectivity index (χ1v) is 9.64. The fourth-order valence-electron chi connectivity index (χ4n) is 3.86. The molecule has 2 fully saturated rings. The lowest BCUT2D eigenvalue weighted by Gasteiger charge is -2.38. The zero-order valence-corrected chi connectivity index (χ0v) is 15.7. The summed E-state index contributed by atoms with van der Waals surface area (Å²) in [5.41, 5.74) is 0.307. The van der Waals surface area contributed by atoms with E-state index >= 15 is 0 Å². The van der Waals surface area contributed by atoms with Crippen LogP contribution in [-0.4, -0.2) is 78.8 Å². The van der Waals surface area contributed by atoms with E-state index < -0.39 is 23.8 Å². The van der Waals surface area contributed by atoms with Crippen LogP contribution in [0.4, 0.5) is 19.3 Å². The third-order valence-corrected chi connectivity index (χ3v) is 5.33. The molecule has 3 rings (SSSR count). The fourth-order valence-corrected chi connectivity index (χ4v) is 3.86. The van der Waals surface area contributed by atoms with Gasteiger partial charge in [-0.05, 0) is 38.1 Å². The van der Waals surface area contributed by atoms with E-state index in [1.54, 1.807) is 9.80 Å². The highest BCUT2D eigenvalue weighted by Gasteiger charge is 2.31. The van der Waals surface area contributed by atoms with Gasteiger partial charge in [0.1, 0.15) is 17.7 Å². The van der Waals surface area contributed by atoms with Crippen molar-refractivity contribution in [2.45, 2.75) is 25.3 Å². The van der Waals surface area contributed by atoms with E-state index in [1.165, 1.54) is 12.1 Å². The third-order valence-electron chi connectivity index (χ3n) is 5.33. The van der Waals surface area contributed by atoms with E-state index in [2.05, 4.69) is 10.2 Å². The normalized spacial score (nSPS) is 19.4. The second kappa shape index (κ2) is 9.18. The van der Waals surface area contributed by atoms with Gasteiger partial charge in [0, 0.05) is 38.8 Å². The van der Waals surface area contributed by atoms with E-state index in [4.69, 9.17) is 5.11 Å². The molecule has 2 heterocycles. The molecule has 0 bridgehead atoms. The lowest BCUT2D eigenvalue weighted by atomic mass is 10.1. The molecule has 2 aliphatic heterocycles. The first-order valence-electron chi connectivity index (χ1n) is 9.64. The Bertz CT molecular complexity index is 704. The van der Waals surface area contributed by atoms with Crippen LogP contribution in [0, 0.1) is 11.6 Å². The summed E-state index contributed by atoms with van der Waals surface area (Å²) in [6.45, 7) is 3.60. The van der Waals surface area contributed by atoms with Crippen molar-refractivity contribution in [3.05, 3.63) is 29.8 Å². The molecular weight excluding hydrogens is 370 g/mol. The largest absolute Gasteiger partial charge is 0.465 e. The first-order chi connectivity index (χ1) is 13.4. The molecule has 0 aliphatic carbocycles. The Hall–Kier alpha value is -2.42. The lowest BCUT2D eigenvalue weighted by molar-refractivity contribution is -0.134. The van der Waals surface area contributed by atoms with Gasteiger partial charge >= 0.3 is 6.09 Å². The average molecular weight is 396 g/mol. The minimum atomic E-state index is -1.22. The summed E-state index contributed by atoms with van der Waals surface area (Å²) in [7, 11) is 0. The lowest BCUT2D eigenvalue weighted by Crippen LogP contribution is -2.58. The molecule has 2 amide bonds. The maximum absolute atomic E-state index is 14.0. The summed E-state index contributed by atoms with van der Waals surface area (Å²) in [6, 6.07) is 2.64. The van der Waals surface area contributed by atoms with Gasteiger partial charge in [-0.25, -0.2) is 13.6 Å². The zero-order valence-electron chi connectivity index (χ0n) is 15.7. The molecule has 2 N–H and O–H groups in total. The van der Waals surface area contributed by atoms with Gasteiger partial charge in [0.05, 0.1) is 5.69 Å². The van der Waals surface area contributed by atoms with E-state index in [9.17, 15) is 18.4 Å². The summed E-state index contributed by atoms with van der Waals surface area (Å²) in [5, 5.41) is 11.5. The van der Waals surface area contributed by atoms with Gasteiger partial charge in [0.15, 0.2) is 0 Å². The Morgan fingerprint density at radius 1 is 1.04 bits per heavy atom. The van der Waals surface area contributed by atoms with Gasteiger partial charge in [-0.3, -0.25) is 4.79 Å². The van der Waals surface area contributed by atoms with Gasteiger partial charge in [-0.1, -0.05) is 6.42 Å². The molecule has 1 aromatic carbocycles. The van der Waals surface area contributed by atoms with Crippen LogP contribution in [0.25, 0.3) is 0 Å². The van der Waals surface area contributed by atoms with Gasteiger partial charge in [0.25, 0.3) is 0 Å². The van der Waals surface area contributed by atoms with E-state index in [0.29, 0.717) is 38.4 Å². The van der Waals surface area contributed by atoms with Crippen LogP contribution >= 0.6 is 0 Å². The molecular formula is C19H26F2N4O3.